The van der Waals surface area contributed by atoms with Gasteiger partial charge in [-0.2, -0.15) is 0 Å². The molecule has 0 spiro atoms. The average Bonchev–Trinajstić information content (AvgIpc) is 3.43. The van der Waals surface area contributed by atoms with Gasteiger partial charge in [0.05, 0.1) is 30.2 Å². The van der Waals surface area contributed by atoms with Crippen molar-refractivity contribution in [2.24, 2.45) is 0 Å². The Morgan fingerprint density at radius 1 is 0.694 bits per heavy atom. The van der Waals surface area contributed by atoms with Gasteiger partial charge in [-0.15, -0.1) is 0 Å². The summed E-state index contributed by atoms with van der Waals surface area (Å²) in [6, 6.07) is 7.66. The number of ether oxygens (including phenoxy) is 2. The van der Waals surface area contributed by atoms with Crippen LogP contribution in [0.2, 0.25) is 0 Å². The van der Waals surface area contributed by atoms with Crippen molar-refractivity contribution in [3.05, 3.63) is 74.0 Å². The lowest BCUT2D eigenvalue weighted by atomic mass is 9.76. The largest absolute Gasteiger partial charge is 0.496 e. The standard InChI is InChI=1S/C13H15NO2.C9H13BO3.C4H4INO/c1-8-6-13(15-4)9(2)5-11(8)12-7-14-16-10(12)3;1-6-5-9(13-3)7(2)4-8(6)10(11)12;1-3-4(5)2-6-7-3/h5-7H,1-4H3;4-5,11-12H,1-3H3;2H,1H3. The number of methoxy groups -OCH3 is 2. The van der Waals surface area contributed by atoms with Gasteiger partial charge in [0.2, 0.25) is 0 Å². The predicted molar refractivity (Wildman–Crippen MR) is 149 cm³/mol. The molecule has 192 valence electrons. The van der Waals surface area contributed by atoms with E-state index >= 15 is 0 Å². The summed E-state index contributed by atoms with van der Waals surface area (Å²) in [6.07, 6.45) is 3.44. The van der Waals surface area contributed by atoms with Crippen molar-refractivity contribution in [1.29, 1.82) is 0 Å². The molecule has 4 aromatic rings. The van der Waals surface area contributed by atoms with Gasteiger partial charge >= 0.3 is 7.12 Å². The Bertz CT molecular complexity index is 1270. The maximum absolute atomic E-state index is 9.01. The Morgan fingerprint density at radius 2 is 1.22 bits per heavy atom. The second-order valence-electron chi connectivity index (χ2n) is 8.21. The summed E-state index contributed by atoms with van der Waals surface area (Å²) < 4.78 is 21.3. The summed E-state index contributed by atoms with van der Waals surface area (Å²) in [6.45, 7) is 11.6. The highest BCUT2D eigenvalue weighted by molar-refractivity contribution is 14.1. The van der Waals surface area contributed by atoms with E-state index in [0.29, 0.717) is 5.46 Å². The van der Waals surface area contributed by atoms with Crippen LogP contribution in [0.3, 0.4) is 0 Å². The minimum absolute atomic E-state index is 0.526. The van der Waals surface area contributed by atoms with Crippen molar-refractivity contribution in [3.63, 3.8) is 0 Å². The van der Waals surface area contributed by atoms with E-state index in [-0.39, 0.29) is 0 Å². The summed E-state index contributed by atoms with van der Waals surface area (Å²) in [4.78, 5) is 0. The van der Waals surface area contributed by atoms with E-state index in [4.69, 9.17) is 28.6 Å². The Morgan fingerprint density at radius 3 is 1.64 bits per heavy atom. The van der Waals surface area contributed by atoms with E-state index in [1.807, 2.05) is 40.7 Å². The minimum atomic E-state index is -1.41. The van der Waals surface area contributed by atoms with Crippen molar-refractivity contribution >= 4 is 35.2 Å². The Kier molecular flexibility index (Phi) is 11.0. The van der Waals surface area contributed by atoms with Gasteiger partial charge in [0.1, 0.15) is 23.0 Å². The van der Waals surface area contributed by atoms with E-state index < -0.39 is 7.12 Å². The third kappa shape index (κ3) is 7.58. The molecule has 0 saturated carbocycles. The molecule has 0 saturated heterocycles. The number of nitrogens with zero attached hydrogens (tertiary/aromatic N) is 2. The third-order valence-electron chi connectivity index (χ3n) is 5.54. The van der Waals surface area contributed by atoms with Gasteiger partial charge in [-0.3, -0.25) is 0 Å². The lowest BCUT2D eigenvalue weighted by Gasteiger charge is -2.10. The molecule has 2 heterocycles. The monoisotopic (exact) mass is 606 g/mol. The first kappa shape index (κ1) is 29.4. The Hall–Kier alpha value is -2.83. The molecular formula is C26H32BIN2O6. The molecule has 0 aliphatic heterocycles. The fourth-order valence-electron chi connectivity index (χ4n) is 3.45. The highest BCUT2D eigenvalue weighted by Gasteiger charge is 2.15. The topological polar surface area (TPSA) is 111 Å². The van der Waals surface area contributed by atoms with Crippen LogP contribution in [-0.4, -0.2) is 41.7 Å². The number of halogens is 1. The van der Waals surface area contributed by atoms with Gasteiger partial charge in [0.15, 0.2) is 0 Å². The molecule has 36 heavy (non-hydrogen) atoms. The minimum Gasteiger partial charge on any atom is -0.496 e. The Labute approximate surface area is 225 Å². The second-order valence-corrected chi connectivity index (χ2v) is 9.38. The maximum atomic E-state index is 9.01. The molecule has 0 unspecified atom stereocenters. The second kappa shape index (κ2) is 13.5. The zero-order valence-corrected chi connectivity index (χ0v) is 24.0. The number of hydrogen-bond donors (Lipinski definition) is 2. The molecule has 0 fully saturated rings. The van der Waals surface area contributed by atoms with E-state index in [9.17, 15) is 0 Å². The lowest BCUT2D eigenvalue weighted by molar-refractivity contribution is 0.396. The van der Waals surface area contributed by atoms with Crippen molar-refractivity contribution < 1.29 is 28.6 Å². The van der Waals surface area contributed by atoms with Crippen molar-refractivity contribution in [2.45, 2.75) is 41.5 Å². The van der Waals surface area contributed by atoms with E-state index in [0.717, 1.165) is 60.0 Å². The van der Waals surface area contributed by atoms with Crippen molar-refractivity contribution in [2.75, 3.05) is 14.2 Å². The van der Waals surface area contributed by atoms with Crippen LogP contribution in [0.5, 0.6) is 11.5 Å². The predicted octanol–water partition coefficient (Wildman–Crippen LogP) is 4.85. The lowest BCUT2D eigenvalue weighted by Crippen LogP contribution is -2.32. The molecule has 4 rings (SSSR count). The average molecular weight is 606 g/mol. The molecule has 10 heteroatoms. The van der Waals surface area contributed by atoms with Gasteiger partial charge in [-0.05, 0) is 116 Å². The van der Waals surface area contributed by atoms with Gasteiger partial charge in [0.25, 0.3) is 0 Å². The van der Waals surface area contributed by atoms with E-state index in [1.165, 1.54) is 0 Å². The molecule has 2 N–H and O–H groups in total. The molecule has 2 aromatic heterocycles. The number of hydrogen-bond acceptors (Lipinski definition) is 8. The number of benzene rings is 2. The molecule has 0 radical (unpaired) electrons. The Balaban J connectivity index is 0.000000204. The van der Waals surface area contributed by atoms with Crippen LogP contribution in [0.25, 0.3) is 11.1 Å². The third-order valence-corrected chi connectivity index (χ3v) is 6.57. The van der Waals surface area contributed by atoms with Gasteiger partial charge in [-0.25, -0.2) is 0 Å². The first-order chi connectivity index (χ1) is 17.0. The van der Waals surface area contributed by atoms with Gasteiger partial charge in [0, 0.05) is 5.56 Å². The molecule has 2 aromatic carbocycles. The molecule has 8 nitrogen and oxygen atoms in total. The first-order valence-electron chi connectivity index (χ1n) is 11.1. The highest BCUT2D eigenvalue weighted by atomic mass is 127. The number of aryl methyl sites for hydroxylation is 6. The SMILES string of the molecule is COc1cc(C)c(-c2cnoc2C)cc1C.COc1cc(C)c(B(O)O)cc1C.Cc1oncc1I. The smallest absolute Gasteiger partial charge is 0.488 e. The van der Waals surface area contributed by atoms with Gasteiger partial charge < -0.3 is 28.6 Å². The fourth-order valence-corrected chi connectivity index (χ4v) is 3.67. The summed E-state index contributed by atoms with van der Waals surface area (Å²) in [7, 11) is 1.87. The zero-order valence-electron chi connectivity index (χ0n) is 21.8. The number of aromatic nitrogens is 2. The van der Waals surface area contributed by atoms with E-state index in [1.54, 1.807) is 38.7 Å². The molecule has 0 aliphatic rings. The van der Waals surface area contributed by atoms with E-state index in [2.05, 4.69) is 45.9 Å². The van der Waals surface area contributed by atoms with Crippen molar-refractivity contribution in [3.8, 4) is 22.6 Å². The quantitative estimate of drug-likeness (QED) is 0.251. The van der Waals surface area contributed by atoms with Crippen LogP contribution < -0.4 is 14.9 Å². The van der Waals surface area contributed by atoms with Gasteiger partial charge in [-0.1, -0.05) is 16.4 Å². The van der Waals surface area contributed by atoms with Crippen LogP contribution in [0.1, 0.15) is 33.8 Å². The molecule has 0 atom stereocenters. The normalized spacial score (nSPS) is 10.1. The van der Waals surface area contributed by atoms with Crippen LogP contribution >= 0.6 is 22.6 Å². The molecular weight excluding hydrogens is 574 g/mol. The van der Waals surface area contributed by atoms with Crippen LogP contribution in [0.4, 0.5) is 0 Å². The first-order valence-corrected chi connectivity index (χ1v) is 12.2. The summed E-state index contributed by atoms with van der Waals surface area (Å²) >= 11 is 2.16. The summed E-state index contributed by atoms with van der Waals surface area (Å²) in [5.41, 5.74) is 6.71. The fraction of sp³-hybridized carbons (Fsp3) is 0.308. The number of rotatable bonds is 4. The summed E-state index contributed by atoms with van der Waals surface area (Å²) in [5.74, 6) is 3.41. The molecule has 0 amide bonds. The van der Waals surface area contributed by atoms with Crippen molar-refractivity contribution in [1.82, 2.24) is 10.3 Å². The maximum Gasteiger partial charge on any atom is 0.488 e. The zero-order chi connectivity index (χ0) is 27.0. The summed E-state index contributed by atoms with van der Waals surface area (Å²) in [5, 5.41) is 25.4. The van der Waals surface area contributed by atoms with Crippen LogP contribution in [0.15, 0.2) is 45.7 Å². The molecule has 0 aliphatic carbocycles. The molecule has 0 bridgehead atoms. The van der Waals surface area contributed by atoms with Crippen LogP contribution in [0, 0.1) is 45.1 Å². The van der Waals surface area contributed by atoms with Crippen LogP contribution in [-0.2, 0) is 0 Å². The highest BCUT2D eigenvalue weighted by Crippen LogP contribution is 2.31.